The van der Waals surface area contributed by atoms with Gasteiger partial charge in [-0.05, 0) is 92.2 Å². The highest BCUT2D eigenvalue weighted by Gasteiger charge is 2.24. The summed E-state index contributed by atoms with van der Waals surface area (Å²) in [6, 6.07) is 51.7. The molecule has 1 heteroatoms. The zero-order valence-electron chi connectivity index (χ0n) is 24.2. The lowest BCUT2D eigenvalue weighted by atomic mass is 9.84. The first-order valence-electron chi connectivity index (χ1n) is 15.0. The number of anilines is 3. The molecule has 0 fully saturated rings. The van der Waals surface area contributed by atoms with E-state index in [4.69, 9.17) is 0 Å². The molecule has 0 aromatic heterocycles. The maximum Gasteiger partial charge on any atom is 0.0619 e. The van der Waals surface area contributed by atoms with Gasteiger partial charge in [0.05, 0.1) is 5.69 Å². The lowest BCUT2D eigenvalue weighted by Gasteiger charge is -2.31. The van der Waals surface area contributed by atoms with Crippen LogP contribution in [0.1, 0.15) is 11.1 Å². The molecular weight excluding hydrogens is 518 g/mol. The highest BCUT2D eigenvalue weighted by molar-refractivity contribution is 6.44. The second-order valence-corrected chi connectivity index (χ2v) is 11.8. The SMILES string of the molecule is Cc1ccc(N(c2ccccc2C)c2c3ccccc3c3c4c2cccc4c2cccc4cc5ccccc5c3c42)cc1. The molecule has 0 aliphatic rings. The van der Waals surface area contributed by atoms with Crippen molar-refractivity contribution in [3.05, 3.63) is 151 Å². The third-order valence-corrected chi connectivity index (χ3v) is 9.32. The highest BCUT2D eigenvalue weighted by atomic mass is 15.1. The third-order valence-electron chi connectivity index (χ3n) is 9.32. The second kappa shape index (κ2) is 9.05. The summed E-state index contributed by atoms with van der Waals surface area (Å²) >= 11 is 0. The zero-order valence-corrected chi connectivity index (χ0v) is 24.2. The van der Waals surface area contributed by atoms with Crippen molar-refractivity contribution in [2.45, 2.75) is 13.8 Å². The van der Waals surface area contributed by atoms with Crippen molar-refractivity contribution >= 4 is 81.7 Å². The van der Waals surface area contributed by atoms with Crippen LogP contribution in [0, 0.1) is 13.8 Å². The van der Waals surface area contributed by atoms with Gasteiger partial charge in [0.15, 0.2) is 0 Å². The predicted molar refractivity (Wildman–Crippen MR) is 187 cm³/mol. The lowest BCUT2D eigenvalue weighted by Crippen LogP contribution is -2.12. The van der Waals surface area contributed by atoms with Crippen LogP contribution < -0.4 is 4.90 Å². The first-order chi connectivity index (χ1) is 21.2. The van der Waals surface area contributed by atoms with E-state index in [9.17, 15) is 0 Å². The van der Waals surface area contributed by atoms with Crippen LogP contribution in [-0.4, -0.2) is 0 Å². The summed E-state index contributed by atoms with van der Waals surface area (Å²) in [5, 5.41) is 15.7. The number of rotatable bonds is 3. The maximum absolute atomic E-state index is 2.49. The Balaban J connectivity index is 1.58. The van der Waals surface area contributed by atoms with Gasteiger partial charge in [0.2, 0.25) is 0 Å². The number of hydrogen-bond acceptors (Lipinski definition) is 1. The van der Waals surface area contributed by atoms with Crippen molar-refractivity contribution in [2.24, 2.45) is 0 Å². The van der Waals surface area contributed by atoms with E-state index in [0.717, 1.165) is 5.69 Å². The molecule has 0 N–H and O–H groups in total. The van der Waals surface area contributed by atoms with Gasteiger partial charge < -0.3 is 4.90 Å². The van der Waals surface area contributed by atoms with E-state index >= 15 is 0 Å². The monoisotopic (exact) mass is 547 g/mol. The molecule has 0 bridgehead atoms. The Kier molecular flexibility index (Phi) is 5.10. The van der Waals surface area contributed by atoms with Gasteiger partial charge in [0.25, 0.3) is 0 Å². The summed E-state index contributed by atoms with van der Waals surface area (Å²) in [5.41, 5.74) is 6.08. The third kappa shape index (κ3) is 3.40. The standard InChI is InChI=1S/C42H29N/c1-26-21-23-30(24-22-26)43(37-20-8-3-11-27(37)2)42-35-16-7-6-15-34(35)41-39-33(18-10-19-36(39)42)32-17-9-13-29-25-28-12-4-5-14-31(28)40(41)38(29)32/h3-25H,1-2H3. The number of nitrogens with zero attached hydrogens (tertiary/aromatic N) is 1. The van der Waals surface area contributed by atoms with E-state index in [2.05, 4.69) is 158 Å². The van der Waals surface area contributed by atoms with Crippen molar-refractivity contribution in [2.75, 3.05) is 4.90 Å². The minimum atomic E-state index is 1.16. The normalized spacial score (nSPS) is 12.0. The summed E-state index contributed by atoms with van der Waals surface area (Å²) < 4.78 is 0. The van der Waals surface area contributed by atoms with Crippen LogP contribution in [-0.2, 0) is 0 Å². The van der Waals surface area contributed by atoms with Crippen LogP contribution in [0.15, 0.2) is 140 Å². The smallest absolute Gasteiger partial charge is 0.0619 e. The molecule has 9 rings (SSSR count). The maximum atomic E-state index is 2.49. The zero-order chi connectivity index (χ0) is 28.7. The molecule has 0 spiro atoms. The van der Waals surface area contributed by atoms with Crippen LogP contribution in [0.2, 0.25) is 0 Å². The number of aryl methyl sites for hydroxylation is 2. The number of benzene rings is 9. The molecule has 202 valence electrons. The van der Waals surface area contributed by atoms with Crippen LogP contribution in [0.5, 0.6) is 0 Å². The topological polar surface area (TPSA) is 3.24 Å². The molecule has 1 nitrogen and oxygen atoms in total. The molecule has 0 unspecified atom stereocenters. The predicted octanol–water partition coefficient (Wildman–Crippen LogP) is 12.1. The van der Waals surface area contributed by atoms with Gasteiger partial charge in [0, 0.05) is 27.5 Å². The quantitative estimate of drug-likeness (QED) is 0.157. The van der Waals surface area contributed by atoms with E-state index in [1.807, 2.05) is 0 Å². The van der Waals surface area contributed by atoms with Crippen molar-refractivity contribution in [1.29, 1.82) is 0 Å². The van der Waals surface area contributed by atoms with Gasteiger partial charge in [-0.1, -0.05) is 121 Å². The Bertz CT molecular complexity index is 2520. The van der Waals surface area contributed by atoms with Gasteiger partial charge in [-0.15, -0.1) is 0 Å². The molecule has 9 aromatic rings. The fourth-order valence-electron chi connectivity index (χ4n) is 7.43. The Morgan fingerprint density at radius 1 is 0.395 bits per heavy atom. The molecule has 0 atom stereocenters. The van der Waals surface area contributed by atoms with Crippen LogP contribution in [0.3, 0.4) is 0 Å². The number of fused-ring (bicyclic) bond motifs is 6. The molecule has 9 aromatic carbocycles. The summed E-state index contributed by atoms with van der Waals surface area (Å²) in [7, 11) is 0. The van der Waals surface area contributed by atoms with Crippen molar-refractivity contribution in [3.63, 3.8) is 0 Å². The fraction of sp³-hybridized carbons (Fsp3) is 0.0476. The van der Waals surface area contributed by atoms with E-state index in [-0.39, 0.29) is 0 Å². The highest BCUT2D eigenvalue weighted by Crippen LogP contribution is 2.52. The summed E-state index contributed by atoms with van der Waals surface area (Å²) in [4.78, 5) is 2.49. The van der Waals surface area contributed by atoms with Gasteiger partial charge in [-0.3, -0.25) is 0 Å². The van der Waals surface area contributed by atoms with Gasteiger partial charge in [-0.2, -0.15) is 0 Å². The van der Waals surface area contributed by atoms with Gasteiger partial charge in [-0.25, -0.2) is 0 Å². The number of hydrogen-bond donors (Lipinski definition) is 0. The van der Waals surface area contributed by atoms with Crippen LogP contribution in [0.4, 0.5) is 17.1 Å². The average molecular weight is 548 g/mol. The van der Waals surface area contributed by atoms with E-state index in [1.54, 1.807) is 0 Å². The van der Waals surface area contributed by atoms with E-state index in [1.165, 1.54) is 87.1 Å². The van der Waals surface area contributed by atoms with Crippen molar-refractivity contribution < 1.29 is 0 Å². The minimum absolute atomic E-state index is 1.16. The van der Waals surface area contributed by atoms with Crippen LogP contribution in [0.25, 0.3) is 64.6 Å². The Hall–Kier alpha value is -5.40. The largest absolute Gasteiger partial charge is 0.309 e. The van der Waals surface area contributed by atoms with Gasteiger partial charge >= 0.3 is 0 Å². The summed E-state index contributed by atoms with van der Waals surface area (Å²) in [6.45, 7) is 4.37. The average Bonchev–Trinajstić information content (AvgIpc) is 3.05. The Morgan fingerprint density at radius 2 is 0.953 bits per heavy atom. The van der Waals surface area contributed by atoms with E-state index < -0.39 is 0 Å². The second-order valence-electron chi connectivity index (χ2n) is 11.8. The molecule has 0 aliphatic carbocycles. The van der Waals surface area contributed by atoms with Crippen molar-refractivity contribution in [1.82, 2.24) is 0 Å². The summed E-state index contributed by atoms with van der Waals surface area (Å²) in [5.74, 6) is 0. The number of para-hydroxylation sites is 1. The first kappa shape index (κ1) is 24.2. The molecule has 0 saturated carbocycles. The fourth-order valence-corrected chi connectivity index (χ4v) is 7.43. The van der Waals surface area contributed by atoms with Crippen LogP contribution >= 0.6 is 0 Å². The van der Waals surface area contributed by atoms with Crippen molar-refractivity contribution in [3.8, 4) is 0 Å². The van der Waals surface area contributed by atoms with Gasteiger partial charge in [0.1, 0.15) is 0 Å². The Morgan fingerprint density at radius 3 is 1.77 bits per heavy atom. The first-order valence-corrected chi connectivity index (χ1v) is 15.0. The molecular formula is C42H29N. The molecule has 0 amide bonds. The molecule has 43 heavy (non-hydrogen) atoms. The summed E-state index contributed by atoms with van der Waals surface area (Å²) in [6.07, 6.45) is 0. The Labute approximate surface area is 250 Å². The molecule has 0 radical (unpaired) electrons. The molecule has 0 aliphatic heterocycles. The molecule has 0 heterocycles. The molecule has 0 saturated heterocycles. The minimum Gasteiger partial charge on any atom is -0.309 e. The lowest BCUT2D eigenvalue weighted by molar-refractivity contribution is 1.26. The van der Waals surface area contributed by atoms with E-state index in [0.29, 0.717) is 0 Å².